The molecule has 2 aromatic heterocycles. The van der Waals surface area contributed by atoms with E-state index in [0.717, 1.165) is 22.9 Å². The average Bonchev–Trinajstić information content (AvgIpc) is 2.89. The Hall–Kier alpha value is -2.28. The molecule has 0 radical (unpaired) electrons. The Morgan fingerprint density at radius 2 is 2.24 bits per heavy atom. The van der Waals surface area contributed by atoms with Gasteiger partial charge in [0.2, 0.25) is 11.1 Å². The predicted octanol–water partition coefficient (Wildman–Crippen LogP) is 2.35. The maximum absolute atomic E-state index is 11.7. The first kappa shape index (κ1) is 13.7. The summed E-state index contributed by atoms with van der Waals surface area (Å²) in [4.78, 5) is 15.7. The number of nitrogen functional groups attached to an aromatic ring is 1. The second-order valence-corrected chi connectivity index (χ2v) is 5.51. The van der Waals surface area contributed by atoms with Gasteiger partial charge >= 0.3 is 5.63 Å². The molecule has 0 amide bonds. The summed E-state index contributed by atoms with van der Waals surface area (Å²) in [6, 6.07) is 7.45. The second kappa shape index (κ2) is 5.61. The molecule has 0 saturated carbocycles. The van der Waals surface area contributed by atoms with Gasteiger partial charge in [0, 0.05) is 17.2 Å². The molecule has 0 fully saturated rings. The van der Waals surface area contributed by atoms with E-state index in [4.69, 9.17) is 10.2 Å². The fourth-order valence-electron chi connectivity index (χ4n) is 2.08. The van der Waals surface area contributed by atoms with Crippen LogP contribution >= 0.6 is 11.8 Å². The maximum atomic E-state index is 11.7. The van der Waals surface area contributed by atoms with Crippen molar-refractivity contribution in [3.8, 4) is 0 Å². The van der Waals surface area contributed by atoms with Crippen molar-refractivity contribution >= 4 is 28.7 Å². The van der Waals surface area contributed by atoms with Gasteiger partial charge in [-0.05, 0) is 23.6 Å². The number of hydrogen-bond acceptors (Lipinski definition) is 6. The third-order valence-electron chi connectivity index (χ3n) is 3.14. The fourth-order valence-corrected chi connectivity index (χ4v) is 2.88. The molecular formula is C14H14N4O2S. The molecule has 0 saturated heterocycles. The molecule has 1 aromatic carbocycles. The Labute approximate surface area is 124 Å². The Morgan fingerprint density at radius 3 is 2.95 bits per heavy atom. The Balaban J connectivity index is 1.95. The normalized spacial score (nSPS) is 11.1. The highest BCUT2D eigenvalue weighted by Crippen LogP contribution is 2.25. The number of nitrogens with two attached hydrogens (primary N) is 1. The van der Waals surface area contributed by atoms with Gasteiger partial charge < -0.3 is 10.2 Å². The molecule has 0 unspecified atom stereocenters. The SMILES string of the molecule is CCc1ccc2c(CSc3n[nH]c(N)n3)cc(=O)oc2c1. The van der Waals surface area contributed by atoms with Crippen molar-refractivity contribution in [1.82, 2.24) is 15.2 Å². The summed E-state index contributed by atoms with van der Waals surface area (Å²) < 4.78 is 5.28. The lowest BCUT2D eigenvalue weighted by Gasteiger charge is -2.05. The summed E-state index contributed by atoms with van der Waals surface area (Å²) in [6.45, 7) is 2.06. The maximum Gasteiger partial charge on any atom is 0.336 e. The molecule has 3 aromatic rings. The van der Waals surface area contributed by atoms with Crippen LogP contribution in [-0.4, -0.2) is 15.2 Å². The van der Waals surface area contributed by atoms with E-state index in [-0.39, 0.29) is 11.6 Å². The largest absolute Gasteiger partial charge is 0.423 e. The lowest BCUT2D eigenvalue weighted by molar-refractivity contribution is 0.559. The molecule has 0 aliphatic carbocycles. The van der Waals surface area contributed by atoms with E-state index >= 15 is 0 Å². The zero-order valence-corrected chi connectivity index (χ0v) is 12.2. The molecule has 21 heavy (non-hydrogen) atoms. The van der Waals surface area contributed by atoms with Crippen LogP contribution < -0.4 is 11.4 Å². The monoisotopic (exact) mass is 302 g/mol. The van der Waals surface area contributed by atoms with E-state index in [1.54, 1.807) is 0 Å². The first-order valence-electron chi connectivity index (χ1n) is 6.52. The van der Waals surface area contributed by atoms with Crippen molar-refractivity contribution in [2.45, 2.75) is 24.3 Å². The average molecular weight is 302 g/mol. The van der Waals surface area contributed by atoms with Crippen LogP contribution in [0.5, 0.6) is 0 Å². The van der Waals surface area contributed by atoms with Gasteiger partial charge in [0.15, 0.2) is 0 Å². The van der Waals surface area contributed by atoms with Gasteiger partial charge in [0.25, 0.3) is 0 Å². The summed E-state index contributed by atoms with van der Waals surface area (Å²) in [6.07, 6.45) is 0.898. The van der Waals surface area contributed by atoms with Crippen molar-refractivity contribution in [3.63, 3.8) is 0 Å². The highest BCUT2D eigenvalue weighted by atomic mass is 32.2. The topological polar surface area (TPSA) is 97.8 Å². The minimum absolute atomic E-state index is 0.280. The predicted molar refractivity (Wildman–Crippen MR) is 82.2 cm³/mol. The molecule has 2 heterocycles. The van der Waals surface area contributed by atoms with Crippen molar-refractivity contribution < 1.29 is 4.42 Å². The number of hydrogen-bond donors (Lipinski definition) is 2. The minimum atomic E-state index is -0.346. The van der Waals surface area contributed by atoms with E-state index in [9.17, 15) is 4.79 Å². The van der Waals surface area contributed by atoms with Crippen LogP contribution in [0, 0.1) is 0 Å². The minimum Gasteiger partial charge on any atom is -0.423 e. The number of thioether (sulfide) groups is 1. The Morgan fingerprint density at radius 1 is 1.38 bits per heavy atom. The quantitative estimate of drug-likeness (QED) is 0.567. The standard InChI is InChI=1S/C14H14N4O2S/c1-2-8-3-4-10-9(6-12(19)20-11(10)5-8)7-21-14-16-13(15)17-18-14/h3-6H,2,7H2,1H3,(H3,15,16,17,18). The third kappa shape index (κ3) is 2.92. The first-order chi connectivity index (χ1) is 10.2. The van der Waals surface area contributed by atoms with E-state index in [1.165, 1.54) is 17.8 Å². The van der Waals surface area contributed by atoms with Crippen LogP contribution in [0.2, 0.25) is 0 Å². The van der Waals surface area contributed by atoms with Crippen molar-refractivity contribution in [2.75, 3.05) is 5.73 Å². The van der Waals surface area contributed by atoms with Gasteiger partial charge in [-0.15, -0.1) is 5.10 Å². The number of anilines is 1. The number of nitrogens with zero attached hydrogens (tertiary/aromatic N) is 2. The number of H-pyrrole nitrogens is 1. The smallest absolute Gasteiger partial charge is 0.336 e. The van der Waals surface area contributed by atoms with Crippen molar-refractivity contribution in [3.05, 3.63) is 45.8 Å². The van der Waals surface area contributed by atoms with E-state index in [2.05, 4.69) is 22.1 Å². The van der Waals surface area contributed by atoms with Gasteiger partial charge in [-0.25, -0.2) is 9.89 Å². The molecule has 3 rings (SSSR count). The number of nitrogens with one attached hydrogen (secondary N) is 1. The van der Waals surface area contributed by atoms with Gasteiger partial charge in [0.1, 0.15) is 5.58 Å². The number of aryl methyl sites for hydroxylation is 1. The van der Waals surface area contributed by atoms with Crippen LogP contribution in [0.3, 0.4) is 0 Å². The lowest BCUT2D eigenvalue weighted by atomic mass is 10.1. The number of rotatable bonds is 4. The van der Waals surface area contributed by atoms with Crippen molar-refractivity contribution in [1.29, 1.82) is 0 Å². The Bertz CT molecular complexity index is 840. The molecular weight excluding hydrogens is 288 g/mol. The molecule has 6 nitrogen and oxygen atoms in total. The number of benzene rings is 1. The summed E-state index contributed by atoms with van der Waals surface area (Å²) in [5.41, 5.74) is 7.79. The summed E-state index contributed by atoms with van der Waals surface area (Å²) in [5.74, 6) is 0.854. The van der Waals surface area contributed by atoms with E-state index in [1.807, 2.05) is 18.2 Å². The van der Waals surface area contributed by atoms with Crippen LogP contribution in [0.25, 0.3) is 11.0 Å². The fraction of sp³-hybridized carbons (Fsp3) is 0.214. The first-order valence-corrected chi connectivity index (χ1v) is 7.50. The van der Waals surface area contributed by atoms with Gasteiger partial charge in [-0.3, -0.25) is 0 Å². The lowest BCUT2D eigenvalue weighted by Crippen LogP contribution is -2.00. The van der Waals surface area contributed by atoms with Crippen LogP contribution in [-0.2, 0) is 12.2 Å². The van der Waals surface area contributed by atoms with Gasteiger partial charge in [-0.2, -0.15) is 4.98 Å². The van der Waals surface area contributed by atoms with Crippen LogP contribution in [0.4, 0.5) is 5.95 Å². The third-order valence-corrected chi connectivity index (χ3v) is 4.04. The Kier molecular flexibility index (Phi) is 3.66. The zero-order chi connectivity index (χ0) is 14.8. The summed E-state index contributed by atoms with van der Waals surface area (Å²) in [7, 11) is 0. The number of aromatic nitrogens is 3. The summed E-state index contributed by atoms with van der Waals surface area (Å²) >= 11 is 1.41. The highest BCUT2D eigenvalue weighted by Gasteiger charge is 2.09. The highest BCUT2D eigenvalue weighted by molar-refractivity contribution is 7.98. The molecule has 0 aliphatic heterocycles. The molecule has 0 atom stereocenters. The number of aromatic amines is 1. The number of fused-ring (bicyclic) bond motifs is 1. The van der Waals surface area contributed by atoms with E-state index in [0.29, 0.717) is 16.5 Å². The molecule has 0 bridgehead atoms. The molecule has 108 valence electrons. The van der Waals surface area contributed by atoms with Crippen LogP contribution in [0.15, 0.2) is 38.6 Å². The van der Waals surface area contributed by atoms with E-state index < -0.39 is 0 Å². The van der Waals surface area contributed by atoms with Crippen molar-refractivity contribution in [2.24, 2.45) is 0 Å². The molecule has 0 spiro atoms. The molecule has 0 aliphatic rings. The van der Waals surface area contributed by atoms with Gasteiger partial charge in [-0.1, -0.05) is 30.8 Å². The zero-order valence-electron chi connectivity index (χ0n) is 11.4. The van der Waals surface area contributed by atoms with Gasteiger partial charge in [0.05, 0.1) is 0 Å². The van der Waals surface area contributed by atoms with Crippen LogP contribution in [0.1, 0.15) is 18.1 Å². The second-order valence-electron chi connectivity index (χ2n) is 4.57. The molecule has 3 N–H and O–H groups in total. The summed E-state index contributed by atoms with van der Waals surface area (Å²) in [5, 5.41) is 8.03. The molecule has 7 heteroatoms.